The molecule has 8 fully saturated rings. The highest BCUT2D eigenvalue weighted by atomic mass is 16.3. The SMILES string of the molecule is CC(C)C(=O)C1(O)CC(N)C1.CC(C)C(=O)C1(O)CC1N.CC(C)C(=O)C1(O)CCC(N)C1.CC(C)C(=O)C1(O)CCC(N)CC1.CC(C)C(=O)C1(O)CCC1N.CC(C)C(=O)C1(O)CCCC(N)C1.CC(C)C(=O)C1(O)CCCC1N.CC(C)C(=O)C1(O)CCCCC1N. The summed E-state index contributed by atoms with van der Waals surface area (Å²) in [5, 5.41) is 78.6. The standard InChI is InChI=1S/3C10H19NO2.2C9H17NO2.2C8H15NO2.C7H13NO2/c1-7(2)9(12)10(13)5-3-8(11)4-6-10;1-7(2)9(12)10(13)5-3-4-8(11)6-10;1-7(2)9(12)10(13)6-4-3-5-8(10)11;1-6(2)8(11)9(12)4-3-7(10)5-9;1-6(2)8(11)9(12)5-3-4-7(9)10;1-5(2)7(10)8(11)3-6(9)4-8;1-5(2)7(10)8(11)4-3-6(8)9;1-4(2)6(9)7(10)3-5(7)8/h3*7-8,13H,3-6,11H2,1-2H3;2*6-7,12H,3-5,10H2,1-2H3;2*5-6,11H,3-4,9H2,1-2H3;4-5,10H,3,8H2,1-2H3. The molecule has 8 aliphatic carbocycles. The van der Waals surface area contributed by atoms with Crippen molar-refractivity contribution in [2.24, 2.45) is 93.2 Å². The molecule has 0 aromatic carbocycles. The number of aliphatic hydroxyl groups is 8. The molecule has 0 spiro atoms. The van der Waals surface area contributed by atoms with E-state index in [9.17, 15) is 79.2 Å². The molecule has 24 nitrogen and oxygen atoms in total. The van der Waals surface area contributed by atoms with Gasteiger partial charge in [0.05, 0.1) is 0 Å². The quantitative estimate of drug-likeness (QED) is 0.105. The number of Topliss-reactive ketones (excluding diaryl/α,β-unsaturated/α-hetero) is 8. The van der Waals surface area contributed by atoms with E-state index in [0.717, 1.165) is 70.6 Å². The molecule has 8 rings (SSSR count). The number of carbonyl (C=O) groups is 8. The van der Waals surface area contributed by atoms with Crippen LogP contribution in [0.2, 0.25) is 0 Å². The van der Waals surface area contributed by atoms with Crippen LogP contribution in [0.1, 0.15) is 258 Å². The summed E-state index contributed by atoms with van der Waals surface area (Å²) in [4.78, 5) is 91.8. The van der Waals surface area contributed by atoms with E-state index >= 15 is 0 Å². The number of hydrogen-bond acceptors (Lipinski definition) is 24. The smallest absolute Gasteiger partial charge is 0.168 e. The van der Waals surface area contributed by atoms with Crippen LogP contribution in [0.3, 0.4) is 0 Å². The summed E-state index contributed by atoms with van der Waals surface area (Å²) in [7, 11) is 0. The summed E-state index contributed by atoms with van der Waals surface area (Å²) < 4.78 is 0. The van der Waals surface area contributed by atoms with Crippen molar-refractivity contribution in [3.05, 3.63) is 0 Å². The molecule has 0 radical (unpaired) electrons. The first-order valence-corrected chi connectivity index (χ1v) is 35.4. The van der Waals surface area contributed by atoms with Gasteiger partial charge in [0.1, 0.15) is 44.8 Å². The summed E-state index contributed by atoms with van der Waals surface area (Å²) in [5.74, 6) is -1.51. The number of rotatable bonds is 16. The maximum absolute atomic E-state index is 11.7. The van der Waals surface area contributed by atoms with Crippen LogP contribution in [0.25, 0.3) is 0 Å². The number of hydrogen-bond donors (Lipinski definition) is 16. The van der Waals surface area contributed by atoms with Crippen molar-refractivity contribution in [2.75, 3.05) is 0 Å². The normalized spacial score (nSPS) is 36.0. The molecule has 24 heteroatoms. The average Bonchev–Trinajstić information content (AvgIpc) is 1.68. The molecule has 554 valence electrons. The summed E-state index contributed by atoms with van der Waals surface area (Å²) in [6, 6.07) is -1.20. The lowest BCUT2D eigenvalue weighted by Crippen LogP contribution is -2.62. The predicted molar refractivity (Wildman–Crippen MR) is 368 cm³/mol. The van der Waals surface area contributed by atoms with E-state index in [1.807, 2.05) is 55.4 Å². The van der Waals surface area contributed by atoms with Crippen molar-refractivity contribution in [1.82, 2.24) is 0 Å². The van der Waals surface area contributed by atoms with Crippen LogP contribution in [-0.4, -0.2) is 180 Å². The fourth-order valence-electron chi connectivity index (χ4n) is 13.6. The molecule has 0 aliphatic heterocycles. The van der Waals surface area contributed by atoms with Gasteiger partial charge in [-0.2, -0.15) is 0 Å². The Bertz CT molecular complexity index is 2500. The Kier molecular flexibility index (Phi) is 35.3. The van der Waals surface area contributed by atoms with E-state index in [-0.39, 0.29) is 142 Å². The Morgan fingerprint density at radius 1 is 0.242 bits per heavy atom. The average molecular weight is 1360 g/mol. The first-order chi connectivity index (χ1) is 43.2. The van der Waals surface area contributed by atoms with Gasteiger partial charge in [0.2, 0.25) is 0 Å². The van der Waals surface area contributed by atoms with Gasteiger partial charge in [0.25, 0.3) is 0 Å². The molecule has 8 aliphatic rings. The Morgan fingerprint density at radius 2 is 0.505 bits per heavy atom. The van der Waals surface area contributed by atoms with Crippen molar-refractivity contribution in [3.8, 4) is 0 Å². The highest BCUT2D eigenvalue weighted by molar-refractivity contribution is 5.94. The summed E-state index contributed by atoms with van der Waals surface area (Å²) >= 11 is 0. The van der Waals surface area contributed by atoms with Gasteiger partial charge >= 0.3 is 0 Å². The Labute approximate surface area is 568 Å². The second-order valence-electron chi connectivity index (χ2n) is 31.6. The zero-order valence-electron chi connectivity index (χ0n) is 61.0. The zero-order chi connectivity index (χ0) is 74.1. The number of ketones is 8. The molecule has 0 amide bonds. The van der Waals surface area contributed by atoms with Crippen LogP contribution >= 0.6 is 0 Å². The highest BCUT2D eigenvalue weighted by Crippen LogP contribution is 2.39. The largest absolute Gasteiger partial charge is 0.382 e. The second kappa shape index (κ2) is 37.4. The fraction of sp³-hybridized carbons (Fsp3) is 0.887. The molecular weight excluding hydrogens is 1220 g/mol. The minimum Gasteiger partial charge on any atom is -0.382 e. The van der Waals surface area contributed by atoms with Gasteiger partial charge in [-0.1, -0.05) is 117 Å². The van der Waals surface area contributed by atoms with E-state index in [1.54, 1.807) is 55.4 Å². The molecule has 24 N–H and O–H groups in total. The van der Waals surface area contributed by atoms with Crippen molar-refractivity contribution >= 4 is 46.3 Å². The Hall–Kier alpha value is -3.28. The molecule has 0 aromatic rings. The van der Waals surface area contributed by atoms with Crippen molar-refractivity contribution in [3.63, 3.8) is 0 Å². The summed E-state index contributed by atoms with van der Waals surface area (Å²) in [5.41, 5.74) is 35.7. The molecule has 12 unspecified atom stereocenters. The van der Waals surface area contributed by atoms with Crippen LogP contribution in [0.4, 0.5) is 0 Å². The third-order valence-electron chi connectivity index (χ3n) is 20.1. The number of nitrogens with two attached hydrogens (primary N) is 8. The van der Waals surface area contributed by atoms with Crippen LogP contribution in [-0.2, 0) is 38.4 Å². The number of carbonyl (C=O) groups excluding carboxylic acids is 8. The van der Waals surface area contributed by atoms with Gasteiger partial charge in [0, 0.05) is 102 Å². The topological polar surface area (TPSA) is 507 Å². The van der Waals surface area contributed by atoms with Gasteiger partial charge in [-0.3, -0.25) is 38.4 Å². The minimum absolute atomic E-state index is 0.00213. The lowest BCUT2D eigenvalue weighted by Gasteiger charge is -2.42. The monoisotopic (exact) mass is 1350 g/mol. The molecule has 95 heavy (non-hydrogen) atoms. The van der Waals surface area contributed by atoms with Gasteiger partial charge in [-0.25, -0.2) is 0 Å². The van der Waals surface area contributed by atoms with Crippen molar-refractivity contribution in [2.45, 2.75) is 352 Å². The van der Waals surface area contributed by atoms with Gasteiger partial charge in [-0.15, -0.1) is 0 Å². The molecule has 0 heterocycles. The van der Waals surface area contributed by atoms with Crippen molar-refractivity contribution in [1.29, 1.82) is 0 Å². The fourth-order valence-corrected chi connectivity index (χ4v) is 13.6. The van der Waals surface area contributed by atoms with Crippen LogP contribution in [0.5, 0.6) is 0 Å². The van der Waals surface area contributed by atoms with E-state index < -0.39 is 44.8 Å². The Morgan fingerprint density at radius 3 is 0.789 bits per heavy atom. The molecular formula is C71H134N8O16. The minimum atomic E-state index is -1.24. The molecule has 0 bridgehead atoms. The highest BCUT2D eigenvalue weighted by Gasteiger charge is 2.57. The van der Waals surface area contributed by atoms with Crippen LogP contribution in [0.15, 0.2) is 0 Å². The second-order valence-corrected chi connectivity index (χ2v) is 31.6. The predicted octanol–water partition coefficient (Wildman–Crippen LogP) is 3.24. The maximum atomic E-state index is 11.7. The lowest BCUT2D eigenvalue weighted by molar-refractivity contribution is -0.152. The maximum Gasteiger partial charge on any atom is 0.168 e. The third kappa shape index (κ3) is 24.8. The first kappa shape index (κ1) is 89.7. The van der Waals surface area contributed by atoms with E-state index in [2.05, 4.69) is 0 Å². The van der Waals surface area contributed by atoms with E-state index in [0.29, 0.717) is 77.0 Å². The zero-order valence-corrected chi connectivity index (χ0v) is 61.0. The van der Waals surface area contributed by atoms with E-state index in [4.69, 9.17) is 45.9 Å². The Balaban J connectivity index is 0.000000544. The molecule has 8 saturated carbocycles. The van der Waals surface area contributed by atoms with Gasteiger partial charge in [-0.05, 0) is 135 Å². The third-order valence-corrected chi connectivity index (χ3v) is 20.1. The molecule has 12 atom stereocenters. The van der Waals surface area contributed by atoms with Crippen LogP contribution < -0.4 is 45.9 Å². The lowest BCUT2D eigenvalue weighted by atomic mass is 9.70. The first-order valence-electron chi connectivity index (χ1n) is 35.4. The van der Waals surface area contributed by atoms with Crippen LogP contribution in [0, 0.1) is 47.3 Å². The van der Waals surface area contributed by atoms with Crippen molar-refractivity contribution < 1.29 is 79.2 Å². The van der Waals surface area contributed by atoms with Gasteiger partial charge in [0.15, 0.2) is 46.3 Å². The molecule has 0 saturated heterocycles. The van der Waals surface area contributed by atoms with E-state index in [1.165, 1.54) is 0 Å². The van der Waals surface area contributed by atoms with Gasteiger partial charge < -0.3 is 86.7 Å². The summed E-state index contributed by atoms with van der Waals surface area (Å²) in [6.07, 6.45) is 15.1. The molecule has 0 aromatic heterocycles. The summed E-state index contributed by atoms with van der Waals surface area (Å²) in [6.45, 7) is 28.8.